The van der Waals surface area contributed by atoms with Crippen molar-refractivity contribution in [2.24, 2.45) is 5.92 Å². The SMILES string of the molecule is CN(CCOCC1CC1)C(=O)c1ccc(C#CCO)cn1. The number of rotatable bonds is 6. The molecule has 0 spiro atoms. The van der Waals surface area contributed by atoms with Gasteiger partial charge in [-0.1, -0.05) is 11.8 Å². The van der Waals surface area contributed by atoms with E-state index in [1.165, 1.54) is 19.0 Å². The first-order valence-electron chi connectivity index (χ1n) is 7.09. The van der Waals surface area contributed by atoms with Crippen molar-refractivity contribution in [3.8, 4) is 11.8 Å². The summed E-state index contributed by atoms with van der Waals surface area (Å²) in [4.78, 5) is 17.9. The third-order valence-corrected chi connectivity index (χ3v) is 3.26. The van der Waals surface area contributed by atoms with Gasteiger partial charge >= 0.3 is 0 Å². The highest BCUT2D eigenvalue weighted by Gasteiger charge is 2.21. The summed E-state index contributed by atoms with van der Waals surface area (Å²) in [5.74, 6) is 5.88. The molecule has 0 radical (unpaired) electrons. The number of aromatic nitrogens is 1. The topological polar surface area (TPSA) is 62.7 Å². The van der Waals surface area contributed by atoms with Gasteiger partial charge in [0.25, 0.3) is 5.91 Å². The minimum absolute atomic E-state index is 0.133. The molecule has 1 fully saturated rings. The zero-order chi connectivity index (χ0) is 15.1. The van der Waals surface area contributed by atoms with Crippen LogP contribution in [0.25, 0.3) is 0 Å². The number of ether oxygens (including phenoxy) is 1. The molecule has 5 nitrogen and oxygen atoms in total. The Kier molecular flexibility index (Phi) is 5.73. The minimum atomic E-state index is -0.190. The molecule has 0 saturated heterocycles. The fourth-order valence-electron chi connectivity index (χ4n) is 1.77. The average molecular weight is 288 g/mol. The molecular weight excluding hydrogens is 268 g/mol. The monoisotopic (exact) mass is 288 g/mol. The highest BCUT2D eigenvalue weighted by atomic mass is 16.5. The van der Waals surface area contributed by atoms with Gasteiger partial charge < -0.3 is 14.7 Å². The zero-order valence-corrected chi connectivity index (χ0v) is 12.2. The summed E-state index contributed by atoms with van der Waals surface area (Å²) in [6.07, 6.45) is 4.07. The molecule has 1 aromatic rings. The quantitative estimate of drug-likeness (QED) is 0.624. The number of hydrogen-bond acceptors (Lipinski definition) is 4. The van der Waals surface area contributed by atoms with E-state index in [0.717, 1.165) is 12.5 Å². The molecule has 2 rings (SSSR count). The third-order valence-electron chi connectivity index (χ3n) is 3.26. The van der Waals surface area contributed by atoms with Crippen molar-refractivity contribution < 1.29 is 14.6 Å². The predicted molar refractivity (Wildman–Crippen MR) is 78.7 cm³/mol. The number of aliphatic hydroxyl groups excluding tert-OH is 1. The summed E-state index contributed by atoms with van der Waals surface area (Å²) < 4.78 is 5.52. The van der Waals surface area contributed by atoms with Crippen LogP contribution in [-0.4, -0.2) is 54.3 Å². The molecule has 0 bridgehead atoms. The number of amides is 1. The van der Waals surface area contributed by atoms with Crippen molar-refractivity contribution >= 4 is 5.91 Å². The fourth-order valence-corrected chi connectivity index (χ4v) is 1.77. The zero-order valence-electron chi connectivity index (χ0n) is 12.2. The van der Waals surface area contributed by atoms with Gasteiger partial charge in [-0.25, -0.2) is 4.98 Å². The molecule has 0 atom stereocenters. The van der Waals surface area contributed by atoms with Gasteiger partial charge in [-0.3, -0.25) is 4.79 Å². The first-order valence-corrected chi connectivity index (χ1v) is 7.09. The van der Waals surface area contributed by atoms with E-state index in [4.69, 9.17) is 9.84 Å². The van der Waals surface area contributed by atoms with E-state index >= 15 is 0 Å². The Bertz CT molecular complexity index is 527. The standard InChI is InChI=1S/C16H20N2O3/c1-18(8-10-21-12-14-4-5-14)16(20)15-7-6-13(11-17-15)3-2-9-19/h6-7,11,14,19H,4-5,8-10,12H2,1H3. The van der Waals surface area contributed by atoms with Gasteiger partial charge in [0.15, 0.2) is 0 Å². The number of hydrogen-bond donors (Lipinski definition) is 1. The summed E-state index contributed by atoms with van der Waals surface area (Å²) in [6.45, 7) is 1.72. The molecule has 0 aliphatic heterocycles. The highest BCUT2D eigenvalue weighted by molar-refractivity contribution is 5.92. The van der Waals surface area contributed by atoms with Gasteiger partial charge in [-0.2, -0.15) is 0 Å². The second-order valence-corrected chi connectivity index (χ2v) is 5.14. The molecule has 0 unspecified atom stereocenters. The van der Waals surface area contributed by atoms with Crippen LogP contribution >= 0.6 is 0 Å². The summed E-state index contributed by atoms with van der Waals surface area (Å²) >= 11 is 0. The number of carbonyl (C=O) groups is 1. The van der Waals surface area contributed by atoms with Crippen LogP contribution in [0.3, 0.4) is 0 Å². The van der Waals surface area contributed by atoms with E-state index in [1.54, 1.807) is 24.1 Å². The third kappa shape index (κ3) is 5.18. The molecule has 1 aromatic heterocycles. The van der Waals surface area contributed by atoms with Crippen LogP contribution in [-0.2, 0) is 4.74 Å². The Morgan fingerprint density at radius 3 is 2.95 bits per heavy atom. The van der Waals surface area contributed by atoms with Gasteiger partial charge in [0.2, 0.25) is 0 Å². The Hall–Kier alpha value is -1.90. The highest BCUT2D eigenvalue weighted by Crippen LogP contribution is 2.28. The number of pyridine rings is 1. The average Bonchev–Trinajstić information content (AvgIpc) is 3.33. The lowest BCUT2D eigenvalue weighted by Gasteiger charge is -2.16. The maximum absolute atomic E-state index is 12.1. The lowest BCUT2D eigenvalue weighted by molar-refractivity contribution is 0.0676. The Balaban J connectivity index is 1.79. The van der Waals surface area contributed by atoms with Crippen LogP contribution in [0.4, 0.5) is 0 Å². The smallest absolute Gasteiger partial charge is 0.272 e. The van der Waals surface area contributed by atoms with Crippen LogP contribution in [0.15, 0.2) is 18.3 Å². The lowest BCUT2D eigenvalue weighted by atomic mass is 10.2. The molecule has 112 valence electrons. The van der Waals surface area contributed by atoms with E-state index in [9.17, 15) is 4.79 Å². The summed E-state index contributed by atoms with van der Waals surface area (Å²) in [5, 5.41) is 8.62. The van der Waals surface area contributed by atoms with Gasteiger partial charge in [-0.15, -0.1) is 0 Å². The molecule has 1 aliphatic rings. The van der Waals surface area contributed by atoms with Crippen LogP contribution < -0.4 is 0 Å². The van der Waals surface area contributed by atoms with Gasteiger partial charge in [0, 0.05) is 32.0 Å². The largest absolute Gasteiger partial charge is 0.384 e. The second kappa shape index (κ2) is 7.77. The van der Waals surface area contributed by atoms with Crippen molar-refractivity contribution in [2.45, 2.75) is 12.8 Å². The van der Waals surface area contributed by atoms with E-state index < -0.39 is 0 Å². The normalized spacial score (nSPS) is 13.4. The molecule has 1 saturated carbocycles. The molecule has 1 N–H and O–H groups in total. The van der Waals surface area contributed by atoms with E-state index in [1.807, 2.05) is 0 Å². The maximum Gasteiger partial charge on any atom is 0.272 e. The second-order valence-electron chi connectivity index (χ2n) is 5.14. The molecule has 21 heavy (non-hydrogen) atoms. The molecule has 1 amide bonds. The molecule has 0 aromatic carbocycles. The summed E-state index contributed by atoms with van der Waals surface area (Å²) in [7, 11) is 1.74. The van der Waals surface area contributed by atoms with Crippen LogP contribution in [0.2, 0.25) is 0 Å². The number of nitrogens with zero attached hydrogens (tertiary/aromatic N) is 2. The van der Waals surface area contributed by atoms with Crippen molar-refractivity contribution in [2.75, 3.05) is 33.4 Å². The summed E-state index contributed by atoms with van der Waals surface area (Å²) in [5.41, 5.74) is 1.06. The van der Waals surface area contributed by atoms with Crippen LogP contribution in [0.1, 0.15) is 28.9 Å². The molecule has 5 heteroatoms. The Morgan fingerprint density at radius 1 is 1.52 bits per heavy atom. The number of carbonyl (C=O) groups excluding carboxylic acids is 1. The van der Waals surface area contributed by atoms with Crippen molar-refractivity contribution in [3.63, 3.8) is 0 Å². The van der Waals surface area contributed by atoms with Crippen molar-refractivity contribution in [3.05, 3.63) is 29.6 Å². The van der Waals surface area contributed by atoms with E-state index in [0.29, 0.717) is 24.4 Å². The number of aliphatic hydroxyl groups is 1. The first kappa shape index (κ1) is 15.5. The minimum Gasteiger partial charge on any atom is -0.384 e. The van der Waals surface area contributed by atoms with Crippen LogP contribution in [0, 0.1) is 17.8 Å². The van der Waals surface area contributed by atoms with E-state index in [2.05, 4.69) is 16.8 Å². The Labute approximate surface area is 124 Å². The molecular formula is C16H20N2O3. The van der Waals surface area contributed by atoms with Crippen molar-refractivity contribution in [1.82, 2.24) is 9.88 Å². The van der Waals surface area contributed by atoms with E-state index in [-0.39, 0.29) is 12.5 Å². The van der Waals surface area contributed by atoms with Gasteiger partial charge in [0.05, 0.1) is 6.61 Å². The molecule has 1 aliphatic carbocycles. The van der Waals surface area contributed by atoms with Crippen LogP contribution in [0.5, 0.6) is 0 Å². The fraction of sp³-hybridized carbons (Fsp3) is 0.500. The molecule has 1 heterocycles. The Morgan fingerprint density at radius 2 is 2.33 bits per heavy atom. The predicted octanol–water partition coefficient (Wildman–Crippen LogP) is 0.924. The lowest BCUT2D eigenvalue weighted by Crippen LogP contribution is -2.30. The first-order chi connectivity index (χ1) is 10.2. The maximum atomic E-state index is 12.1. The number of likely N-dealkylation sites (N-methyl/N-ethyl adjacent to an activating group) is 1. The van der Waals surface area contributed by atoms with Crippen molar-refractivity contribution in [1.29, 1.82) is 0 Å². The van der Waals surface area contributed by atoms with Gasteiger partial charge in [0.1, 0.15) is 12.3 Å². The summed E-state index contributed by atoms with van der Waals surface area (Å²) in [6, 6.07) is 3.37. The van der Waals surface area contributed by atoms with Gasteiger partial charge in [-0.05, 0) is 30.9 Å².